The number of carbonyl (C=O) groups is 1. The summed E-state index contributed by atoms with van der Waals surface area (Å²) in [5.74, 6) is -0.361. The summed E-state index contributed by atoms with van der Waals surface area (Å²) in [6.45, 7) is 3.79. The predicted octanol–water partition coefficient (Wildman–Crippen LogP) is 1.09. The number of rotatable bonds is 4. The van der Waals surface area contributed by atoms with E-state index < -0.39 is 0 Å². The van der Waals surface area contributed by atoms with Crippen molar-refractivity contribution in [2.75, 3.05) is 7.11 Å². The van der Waals surface area contributed by atoms with E-state index in [9.17, 15) is 4.79 Å². The largest absolute Gasteiger partial charge is 0.469 e. The van der Waals surface area contributed by atoms with Gasteiger partial charge in [-0.2, -0.15) is 5.10 Å². The van der Waals surface area contributed by atoms with Crippen molar-refractivity contribution in [2.45, 2.75) is 24.3 Å². The third kappa shape index (κ3) is 2.73. The van der Waals surface area contributed by atoms with E-state index in [-0.39, 0.29) is 17.1 Å². The van der Waals surface area contributed by atoms with Crippen molar-refractivity contribution in [1.82, 2.24) is 15.2 Å². The Morgan fingerprint density at radius 1 is 1.64 bits per heavy atom. The molecule has 2 atom stereocenters. The highest BCUT2D eigenvalue weighted by atomic mass is 32.2. The minimum atomic E-state index is -0.204. The number of hydrogen-bond donors (Lipinski definition) is 1. The molecule has 78 valence electrons. The molecular formula is C8H13N3O2S. The molecule has 0 saturated heterocycles. The van der Waals surface area contributed by atoms with Gasteiger partial charge in [0, 0.05) is 5.25 Å². The summed E-state index contributed by atoms with van der Waals surface area (Å²) in [6.07, 6.45) is 1.44. The second-order valence-electron chi connectivity index (χ2n) is 2.93. The monoisotopic (exact) mass is 215 g/mol. The van der Waals surface area contributed by atoms with Crippen molar-refractivity contribution >= 4 is 17.7 Å². The fraction of sp³-hybridized carbons (Fsp3) is 0.625. The first kappa shape index (κ1) is 11.0. The molecule has 0 saturated carbocycles. The SMILES string of the molecule is COC(=O)C(C)C(C)Sc1ncn[nH]1. The molecule has 0 aliphatic carbocycles. The molecule has 0 aliphatic heterocycles. The number of carbonyl (C=O) groups excluding carboxylic acids is 1. The van der Waals surface area contributed by atoms with Crippen molar-refractivity contribution in [1.29, 1.82) is 0 Å². The maximum atomic E-state index is 11.2. The maximum absolute atomic E-state index is 11.2. The molecule has 1 N–H and O–H groups in total. The van der Waals surface area contributed by atoms with Crippen LogP contribution < -0.4 is 0 Å². The van der Waals surface area contributed by atoms with Crippen LogP contribution in [0.4, 0.5) is 0 Å². The van der Waals surface area contributed by atoms with Crippen LogP contribution in [-0.4, -0.2) is 33.5 Å². The van der Waals surface area contributed by atoms with E-state index in [1.807, 2.05) is 13.8 Å². The summed E-state index contributed by atoms with van der Waals surface area (Å²) in [4.78, 5) is 15.2. The number of thioether (sulfide) groups is 1. The molecule has 1 aromatic heterocycles. The minimum absolute atomic E-state index is 0.107. The molecule has 1 aromatic rings. The van der Waals surface area contributed by atoms with Crippen molar-refractivity contribution in [3.8, 4) is 0 Å². The van der Waals surface area contributed by atoms with Gasteiger partial charge in [-0.3, -0.25) is 9.89 Å². The first-order valence-corrected chi connectivity index (χ1v) is 5.13. The number of aromatic nitrogens is 3. The number of aromatic amines is 1. The van der Waals surface area contributed by atoms with Gasteiger partial charge in [-0.15, -0.1) is 0 Å². The van der Waals surface area contributed by atoms with E-state index in [2.05, 4.69) is 19.9 Å². The normalized spacial score (nSPS) is 14.8. The highest BCUT2D eigenvalue weighted by Gasteiger charge is 2.22. The van der Waals surface area contributed by atoms with Crippen molar-refractivity contribution in [2.24, 2.45) is 5.92 Å². The maximum Gasteiger partial charge on any atom is 0.309 e. The molecule has 2 unspecified atom stereocenters. The van der Waals surface area contributed by atoms with Gasteiger partial charge in [0.15, 0.2) is 5.16 Å². The first-order chi connectivity index (χ1) is 6.65. The quantitative estimate of drug-likeness (QED) is 0.601. The van der Waals surface area contributed by atoms with E-state index in [0.717, 1.165) is 0 Å². The first-order valence-electron chi connectivity index (χ1n) is 4.25. The molecule has 1 heterocycles. The van der Waals surface area contributed by atoms with Crippen LogP contribution in [0.3, 0.4) is 0 Å². The average molecular weight is 215 g/mol. The lowest BCUT2D eigenvalue weighted by molar-refractivity contribution is -0.144. The summed E-state index contributed by atoms with van der Waals surface area (Å²) < 4.78 is 4.65. The second-order valence-corrected chi connectivity index (χ2v) is 4.29. The zero-order chi connectivity index (χ0) is 10.6. The van der Waals surface area contributed by atoms with Gasteiger partial charge >= 0.3 is 5.97 Å². The highest BCUT2D eigenvalue weighted by Crippen LogP contribution is 2.24. The third-order valence-electron chi connectivity index (χ3n) is 1.97. The fourth-order valence-electron chi connectivity index (χ4n) is 0.907. The molecule has 0 bridgehead atoms. The van der Waals surface area contributed by atoms with Crippen LogP contribution in [0.25, 0.3) is 0 Å². The van der Waals surface area contributed by atoms with Gasteiger partial charge in [0.05, 0.1) is 13.0 Å². The molecule has 0 fully saturated rings. The predicted molar refractivity (Wildman–Crippen MR) is 52.9 cm³/mol. The lowest BCUT2D eigenvalue weighted by atomic mass is 10.1. The van der Waals surface area contributed by atoms with Gasteiger partial charge in [0.1, 0.15) is 6.33 Å². The van der Waals surface area contributed by atoms with E-state index in [0.29, 0.717) is 5.16 Å². The molecule has 1 rings (SSSR count). The van der Waals surface area contributed by atoms with Crippen LogP contribution in [0, 0.1) is 5.92 Å². The standard InChI is InChI=1S/C8H13N3O2S/c1-5(7(12)13-3)6(2)14-8-9-4-10-11-8/h4-6H,1-3H3,(H,9,10,11). The average Bonchev–Trinajstić information content (AvgIpc) is 2.68. The van der Waals surface area contributed by atoms with E-state index in [4.69, 9.17) is 0 Å². The third-order valence-corrected chi connectivity index (χ3v) is 3.17. The van der Waals surface area contributed by atoms with Crippen LogP contribution in [0.1, 0.15) is 13.8 Å². The Kier molecular flexibility index (Phi) is 3.94. The Hall–Kier alpha value is -1.04. The number of methoxy groups -OCH3 is 1. The van der Waals surface area contributed by atoms with Crippen LogP contribution >= 0.6 is 11.8 Å². The van der Waals surface area contributed by atoms with E-state index >= 15 is 0 Å². The summed E-state index contributed by atoms with van der Waals surface area (Å²) in [5.41, 5.74) is 0. The molecule has 5 nitrogen and oxygen atoms in total. The van der Waals surface area contributed by atoms with E-state index in [1.54, 1.807) is 0 Å². The van der Waals surface area contributed by atoms with Crippen LogP contribution in [0.15, 0.2) is 11.5 Å². The smallest absolute Gasteiger partial charge is 0.309 e. The van der Waals surface area contributed by atoms with Crippen molar-refractivity contribution in [3.63, 3.8) is 0 Å². The molecule has 0 radical (unpaired) electrons. The number of nitrogens with zero attached hydrogens (tertiary/aromatic N) is 2. The van der Waals surface area contributed by atoms with E-state index in [1.165, 1.54) is 25.2 Å². The molecule has 6 heteroatoms. The molecule has 0 aliphatic rings. The molecule has 0 aromatic carbocycles. The summed E-state index contributed by atoms with van der Waals surface area (Å²) in [6, 6.07) is 0. The van der Waals surface area contributed by atoms with Gasteiger partial charge < -0.3 is 4.74 Å². The van der Waals surface area contributed by atoms with Gasteiger partial charge in [0.25, 0.3) is 0 Å². The van der Waals surface area contributed by atoms with Crippen LogP contribution in [-0.2, 0) is 9.53 Å². The summed E-state index contributed by atoms with van der Waals surface area (Å²) >= 11 is 1.47. The lowest BCUT2D eigenvalue weighted by Crippen LogP contribution is -2.22. The van der Waals surface area contributed by atoms with Crippen molar-refractivity contribution in [3.05, 3.63) is 6.33 Å². The molecule has 0 amide bonds. The second kappa shape index (κ2) is 4.99. The Labute approximate surface area is 86.6 Å². The van der Waals surface area contributed by atoms with Crippen molar-refractivity contribution < 1.29 is 9.53 Å². The summed E-state index contributed by atoms with van der Waals surface area (Å²) in [5, 5.41) is 7.28. The minimum Gasteiger partial charge on any atom is -0.469 e. The number of ether oxygens (including phenoxy) is 1. The van der Waals surface area contributed by atoms with Gasteiger partial charge in [0.2, 0.25) is 0 Å². The Morgan fingerprint density at radius 2 is 2.36 bits per heavy atom. The van der Waals surface area contributed by atoms with Crippen LogP contribution in [0.5, 0.6) is 0 Å². The topological polar surface area (TPSA) is 67.9 Å². The molecule has 0 spiro atoms. The van der Waals surface area contributed by atoms with Gasteiger partial charge in [-0.25, -0.2) is 4.98 Å². The number of esters is 1. The highest BCUT2D eigenvalue weighted by molar-refractivity contribution is 7.99. The number of nitrogens with one attached hydrogen (secondary N) is 1. The zero-order valence-electron chi connectivity index (χ0n) is 8.35. The van der Waals surface area contributed by atoms with Gasteiger partial charge in [-0.1, -0.05) is 25.6 Å². The van der Waals surface area contributed by atoms with Gasteiger partial charge in [-0.05, 0) is 0 Å². The Bertz CT molecular complexity index is 289. The fourth-order valence-corrected chi connectivity index (χ4v) is 1.79. The Balaban J connectivity index is 2.49. The molecular weight excluding hydrogens is 202 g/mol. The number of hydrogen-bond acceptors (Lipinski definition) is 5. The molecule has 14 heavy (non-hydrogen) atoms. The van der Waals surface area contributed by atoms with Crippen LogP contribution in [0.2, 0.25) is 0 Å². The number of H-pyrrole nitrogens is 1. The zero-order valence-corrected chi connectivity index (χ0v) is 9.17. The summed E-state index contributed by atoms with van der Waals surface area (Å²) in [7, 11) is 1.39. The Morgan fingerprint density at radius 3 is 2.86 bits per heavy atom. The lowest BCUT2D eigenvalue weighted by Gasteiger charge is -2.15.